The van der Waals surface area contributed by atoms with Crippen molar-refractivity contribution >= 4 is 15.7 Å². The molecule has 0 atom stereocenters. The van der Waals surface area contributed by atoms with Gasteiger partial charge in [0.05, 0.1) is 25.6 Å². The van der Waals surface area contributed by atoms with Crippen molar-refractivity contribution in [1.82, 2.24) is 0 Å². The van der Waals surface area contributed by atoms with Crippen LogP contribution in [0.1, 0.15) is 0 Å². The molecule has 1 aromatic rings. The van der Waals surface area contributed by atoms with Gasteiger partial charge in [-0.25, -0.2) is 17.2 Å². The van der Waals surface area contributed by atoms with Crippen molar-refractivity contribution in [3.8, 4) is 0 Å². The molecule has 0 amide bonds. The molecule has 0 aliphatic carbocycles. The lowest BCUT2D eigenvalue weighted by Crippen LogP contribution is -2.22. The van der Waals surface area contributed by atoms with Crippen LogP contribution in [-0.2, 0) is 19.5 Å². The molecular weight excluding hydrogens is 280 g/mol. The Balaban J connectivity index is 2.55. The maximum Gasteiger partial charge on any atom is 0.235 e. The molecule has 0 saturated heterocycles. The van der Waals surface area contributed by atoms with E-state index in [2.05, 4.69) is 0 Å². The van der Waals surface area contributed by atoms with E-state index in [1.165, 1.54) is 7.11 Å². The Hall–Kier alpha value is -1.25. The van der Waals surface area contributed by atoms with E-state index < -0.39 is 33.1 Å². The lowest BCUT2D eigenvalue weighted by molar-refractivity contribution is 0.0785. The van der Waals surface area contributed by atoms with Gasteiger partial charge in [-0.3, -0.25) is 4.72 Å². The van der Waals surface area contributed by atoms with Crippen LogP contribution in [0.4, 0.5) is 14.5 Å². The highest BCUT2D eigenvalue weighted by Gasteiger charge is 2.16. The number of nitrogens with one attached hydrogen (secondary N) is 1. The quantitative estimate of drug-likeness (QED) is 0.736. The van der Waals surface area contributed by atoms with Crippen molar-refractivity contribution < 1.29 is 26.7 Å². The number of hydrogen-bond donors (Lipinski definition) is 1. The van der Waals surface area contributed by atoms with Gasteiger partial charge in [-0.2, -0.15) is 0 Å². The fourth-order valence-corrected chi connectivity index (χ4v) is 2.16. The predicted octanol–water partition coefficient (Wildman–Crippen LogP) is 1.37. The number of methoxy groups -OCH3 is 1. The average molecular weight is 295 g/mol. The second kappa shape index (κ2) is 7.37. The van der Waals surface area contributed by atoms with E-state index in [-0.39, 0.29) is 13.2 Å². The third kappa shape index (κ3) is 5.50. The maximum atomic E-state index is 13.3. The Labute approximate surface area is 110 Å². The highest BCUT2D eigenvalue weighted by atomic mass is 32.2. The summed E-state index contributed by atoms with van der Waals surface area (Å²) in [5, 5.41) is 0. The fraction of sp³-hybridized carbons (Fsp3) is 0.455. The molecule has 0 spiro atoms. The second-order valence-electron chi connectivity index (χ2n) is 3.62. The minimum atomic E-state index is -3.86. The van der Waals surface area contributed by atoms with Crippen LogP contribution in [-0.4, -0.2) is 41.1 Å². The standard InChI is InChI=1S/C11H15F2NO4S/c1-17-5-6-18-7-8-19(15,16)14-11-9(12)3-2-4-10(11)13/h2-4,14H,5-8H2,1H3. The molecule has 0 heterocycles. The van der Waals surface area contributed by atoms with Crippen LogP contribution in [0.3, 0.4) is 0 Å². The summed E-state index contributed by atoms with van der Waals surface area (Å²) in [5.41, 5.74) is -0.681. The predicted molar refractivity (Wildman–Crippen MR) is 66.5 cm³/mol. The van der Waals surface area contributed by atoms with Crippen molar-refractivity contribution in [3.05, 3.63) is 29.8 Å². The molecule has 108 valence electrons. The zero-order chi connectivity index (χ0) is 14.3. The minimum Gasteiger partial charge on any atom is -0.382 e. The van der Waals surface area contributed by atoms with E-state index in [9.17, 15) is 17.2 Å². The molecule has 1 aromatic carbocycles. The van der Waals surface area contributed by atoms with Crippen LogP contribution in [0.15, 0.2) is 18.2 Å². The van der Waals surface area contributed by atoms with E-state index >= 15 is 0 Å². The van der Waals surface area contributed by atoms with E-state index in [4.69, 9.17) is 9.47 Å². The van der Waals surface area contributed by atoms with Gasteiger partial charge in [-0.05, 0) is 12.1 Å². The van der Waals surface area contributed by atoms with Crippen LogP contribution in [0.25, 0.3) is 0 Å². The summed E-state index contributed by atoms with van der Waals surface area (Å²) in [7, 11) is -2.37. The average Bonchev–Trinajstić information content (AvgIpc) is 2.34. The Morgan fingerprint density at radius 2 is 1.79 bits per heavy atom. The summed E-state index contributed by atoms with van der Waals surface area (Å²) in [5.74, 6) is -2.34. The van der Waals surface area contributed by atoms with Crippen molar-refractivity contribution in [2.75, 3.05) is 37.4 Å². The summed E-state index contributed by atoms with van der Waals surface area (Å²) in [4.78, 5) is 0. The van der Waals surface area contributed by atoms with Gasteiger partial charge in [0.2, 0.25) is 10.0 Å². The van der Waals surface area contributed by atoms with Crippen LogP contribution in [0.2, 0.25) is 0 Å². The van der Waals surface area contributed by atoms with Gasteiger partial charge in [0.25, 0.3) is 0 Å². The molecule has 1 rings (SSSR count). The Morgan fingerprint density at radius 1 is 1.16 bits per heavy atom. The highest BCUT2D eigenvalue weighted by Crippen LogP contribution is 2.19. The first-order chi connectivity index (χ1) is 8.96. The summed E-state index contributed by atoms with van der Waals surface area (Å²) >= 11 is 0. The molecule has 5 nitrogen and oxygen atoms in total. The molecule has 0 aromatic heterocycles. The molecule has 0 unspecified atom stereocenters. The zero-order valence-corrected chi connectivity index (χ0v) is 11.2. The number of ether oxygens (including phenoxy) is 2. The lowest BCUT2D eigenvalue weighted by Gasteiger charge is -2.09. The van der Waals surface area contributed by atoms with E-state index in [0.29, 0.717) is 6.61 Å². The van der Waals surface area contributed by atoms with Gasteiger partial charge >= 0.3 is 0 Å². The van der Waals surface area contributed by atoms with Crippen LogP contribution >= 0.6 is 0 Å². The molecule has 0 bridgehead atoms. The number of anilines is 1. The minimum absolute atomic E-state index is 0.0885. The van der Waals surface area contributed by atoms with Crippen molar-refractivity contribution in [1.29, 1.82) is 0 Å². The molecule has 0 saturated carbocycles. The van der Waals surface area contributed by atoms with Crippen molar-refractivity contribution in [2.45, 2.75) is 0 Å². The summed E-state index contributed by atoms with van der Waals surface area (Å²) in [6, 6.07) is 3.09. The third-order valence-electron chi connectivity index (χ3n) is 2.15. The summed E-state index contributed by atoms with van der Waals surface area (Å²) < 4.78 is 61.2. The molecule has 8 heteroatoms. The van der Waals surface area contributed by atoms with Crippen LogP contribution in [0, 0.1) is 11.6 Å². The zero-order valence-electron chi connectivity index (χ0n) is 10.4. The lowest BCUT2D eigenvalue weighted by atomic mass is 10.3. The number of hydrogen-bond acceptors (Lipinski definition) is 4. The first-order valence-corrected chi connectivity index (χ1v) is 7.12. The first-order valence-electron chi connectivity index (χ1n) is 5.47. The third-order valence-corrected chi connectivity index (χ3v) is 3.37. The van der Waals surface area contributed by atoms with Gasteiger partial charge in [0.15, 0.2) is 0 Å². The van der Waals surface area contributed by atoms with Crippen molar-refractivity contribution in [2.24, 2.45) is 0 Å². The van der Waals surface area contributed by atoms with Crippen molar-refractivity contribution in [3.63, 3.8) is 0 Å². The van der Waals surface area contributed by atoms with Gasteiger partial charge < -0.3 is 9.47 Å². The van der Waals surface area contributed by atoms with Crippen LogP contribution < -0.4 is 4.72 Å². The molecule has 1 N–H and O–H groups in total. The number of sulfonamides is 1. The fourth-order valence-electron chi connectivity index (χ4n) is 1.21. The molecular formula is C11H15F2NO4S. The van der Waals surface area contributed by atoms with Gasteiger partial charge in [-0.1, -0.05) is 6.07 Å². The molecule has 0 aliphatic rings. The smallest absolute Gasteiger partial charge is 0.235 e. The summed E-state index contributed by atoms with van der Waals surface area (Å²) in [6.07, 6.45) is 0. The van der Waals surface area contributed by atoms with Gasteiger partial charge in [0.1, 0.15) is 17.3 Å². The van der Waals surface area contributed by atoms with E-state index in [0.717, 1.165) is 18.2 Å². The monoisotopic (exact) mass is 295 g/mol. The first kappa shape index (κ1) is 15.8. The number of para-hydroxylation sites is 1. The van der Waals surface area contributed by atoms with Gasteiger partial charge in [-0.15, -0.1) is 0 Å². The number of halogens is 2. The maximum absolute atomic E-state index is 13.3. The molecule has 0 fully saturated rings. The molecule has 19 heavy (non-hydrogen) atoms. The largest absolute Gasteiger partial charge is 0.382 e. The topological polar surface area (TPSA) is 64.6 Å². The Morgan fingerprint density at radius 3 is 2.37 bits per heavy atom. The molecule has 0 aliphatic heterocycles. The Bertz CT molecular complexity index is 487. The number of rotatable bonds is 8. The second-order valence-corrected chi connectivity index (χ2v) is 5.46. The van der Waals surface area contributed by atoms with E-state index in [1.54, 1.807) is 0 Å². The van der Waals surface area contributed by atoms with E-state index in [1.807, 2.05) is 4.72 Å². The summed E-state index contributed by atoms with van der Waals surface area (Å²) in [6.45, 7) is 0.504. The SMILES string of the molecule is COCCOCCS(=O)(=O)Nc1c(F)cccc1F. The van der Waals surface area contributed by atoms with Crippen LogP contribution in [0.5, 0.6) is 0 Å². The Kier molecular flexibility index (Phi) is 6.13. The van der Waals surface area contributed by atoms with Gasteiger partial charge in [0, 0.05) is 7.11 Å². The number of benzene rings is 1. The normalized spacial score (nSPS) is 11.5. The highest BCUT2D eigenvalue weighted by molar-refractivity contribution is 7.92. The molecule has 0 radical (unpaired) electrons.